The summed E-state index contributed by atoms with van der Waals surface area (Å²) in [6.45, 7) is 2.12. The minimum atomic E-state index is -0.0676. The molecule has 4 atom stereocenters. The Morgan fingerprint density at radius 1 is 1.19 bits per heavy atom. The third kappa shape index (κ3) is 3.21. The van der Waals surface area contributed by atoms with E-state index >= 15 is 0 Å². The molecule has 0 heterocycles. The van der Waals surface area contributed by atoms with E-state index in [1.54, 1.807) is 0 Å². The van der Waals surface area contributed by atoms with Crippen LogP contribution in [0.2, 0.25) is 0 Å². The molecule has 4 nitrogen and oxygen atoms in total. The van der Waals surface area contributed by atoms with Gasteiger partial charge in [-0.25, -0.2) is 4.79 Å². The van der Waals surface area contributed by atoms with Gasteiger partial charge in [0, 0.05) is 17.8 Å². The van der Waals surface area contributed by atoms with Crippen molar-refractivity contribution >= 4 is 11.7 Å². The minimum absolute atomic E-state index is 0.0676. The molecule has 2 aliphatic rings. The summed E-state index contributed by atoms with van der Waals surface area (Å²) in [5, 5.41) is 9.29. The van der Waals surface area contributed by atoms with Gasteiger partial charge < -0.3 is 16.0 Å². The van der Waals surface area contributed by atoms with Crippen molar-refractivity contribution in [1.29, 1.82) is 0 Å². The van der Waals surface area contributed by atoms with Crippen LogP contribution in [0.15, 0.2) is 24.3 Å². The molecule has 114 valence electrons. The molecular weight excluding hydrogens is 262 g/mol. The first kappa shape index (κ1) is 14.4. The number of carbonyl (C=O) groups excluding carboxylic acids is 1. The zero-order valence-electron chi connectivity index (χ0n) is 12.9. The molecule has 3 rings (SSSR count). The molecule has 21 heavy (non-hydrogen) atoms. The summed E-state index contributed by atoms with van der Waals surface area (Å²) in [6.07, 6.45) is 5.11. The number of carbonyl (C=O) groups is 1. The Balaban J connectivity index is 1.52. The van der Waals surface area contributed by atoms with Crippen molar-refractivity contribution in [3.05, 3.63) is 29.8 Å². The van der Waals surface area contributed by atoms with Gasteiger partial charge in [0.05, 0.1) is 0 Å². The van der Waals surface area contributed by atoms with Crippen molar-refractivity contribution in [1.82, 2.24) is 10.6 Å². The Morgan fingerprint density at radius 2 is 1.95 bits per heavy atom. The summed E-state index contributed by atoms with van der Waals surface area (Å²) in [7, 11) is 1.94. The first-order valence-electron chi connectivity index (χ1n) is 8.00. The van der Waals surface area contributed by atoms with Crippen LogP contribution in [-0.4, -0.2) is 19.1 Å². The third-order valence-corrected chi connectivity index (χ3v) is 5.16. The number of rotatable bonds is 4. The average molecular weight is 287 g/mol. The molecule has 4 unspecified atom stereocenters. The van der Waals surface area contributed by atoms with Gasteiger partial charge in [-0.2, -0.15) is 0 Å². The van der Waals surface area contributed by atoms with Crippen LogP contribution >= 0.6 is 0 Å². The van der Waals surface area contributed by atoms with Crippen LogP contribution in [0.25, 0.3) is 0 Å². The van der Waals surface area contributed by atoms with Crippen LogP contribution in [0.1, 0.15) is 44.2 Å². The van der Waals surface area contributed by atoms with Crippen molar-refractivity contribution in [3.63, 3.8) is 0 Å². The monoisotopic (exact) mass is 287 g/mol. The third-order valence-electron chi connectivity index (χ3n) is 5.16. The van der Waals surface area contributed by atoms with Crippen LogP contribution in [0, 0.1) is 11.8 Å². The van der Waals surface area contributed by atoms with E-state index in [-0.39, 0.29) is 6.03 Å². The highest BCUT2D eigenvalue weighted by atomic mass is 16.2. The van der Waals surface area contributed by atoms with Crippen LogP contribution < -0.4 is 16.0 Å². The fourth-order valence-corrected chi connectivity index (χ4v) is 3.78. The Bertz CT molecular complexity index is 499. The van der Waals surface area contributed by atoms with Gasteiger partial charge in [-0.15, -0.1) is 0 Å². The predicted molar refractivity (Wildman–Crippen MR) is 85.3 cm³/mol. The molecule has 1 aromatic carbocycles. The molecule has 0 spiro atoms. The zero-order valence-corrected chi connectivity index (χ0v) is 12.9. The van der Waals surface area contributed by atoms with E-state index in [2.05, 4.69) is 22.9 Å². The molecule has 2 aliphatic carbocycles. The molecule has 2 saturated carbocycles. The minimum Gasteiger partial charge on any atom is -0.335 e. The SMILES string of the molecule is CNC(C)c1ccc(NC(=O)NC2CC3CCC2C3)cc1. The molecule has 0 aromatic heterocycles. The molecule has 0 saturated heterocycles. The maximum Gasteiger partial charge on any atom is 0.319 e. The van der Waals surface area contributed by atoms with Gasteiger partial charge in [0.2, 0.25) is 0 Å². The highest BCUT2D eigenvalue weighted by molar-refractivity contribution is 5.89. The Kier molecular flexibility index (Phi) is 4.15. The van der Waals surface area contributed by atoms with E-state index in [4.69, 9.17) is 0 Å². The predicted octanol–water partition coefficient (Wildman–Crippen LogP) is 3.28. The van der Waals surface area contributed by atoms with Gasteiger partial charge >= 0.3 is 6.03 Å². The first-order chi connectivity index (χ1) is 10.2. The highest BCUT2D eigenvalue weighted by Gasteiger charge is 2.40. The van der Waals surface area contributed by atoms with Crippen molar-refractivity contribution in [2.75, 3.05) is 12.4 Å². The second-order valence-electron chi connectivity index (χ2n) is 6.51. The number of amides is 2. The van der Waals surface area contributed by atoms with Crippen molar-refractivity contribution in [2.24, 2.45) is 11.8 Å². The first-order valence-corrected chi connectivity index (χ1v) is 8.00. The maximum atomic E-state index is 12.1. The van der Waals surface area contributed by atoms with E-state index in [9.17, 15) is 4.79 Å². The van der Waals surface area contributed by atoms with Crippen LogP contribution in [0.5, 0.6) is 0 Å². The van der Waals surface area contributed by atoms with E-state index in [1.165, 1.54) is 24.8 Å². The van der Waals surface area contributed by atoms with E-state index in [0.717, 1.165) is 18.0 Å². The van der Waals surface area contributed by atoms with E-state index in [0.29, 0.717) is 18.0 Å². The Morgan fingerprint density at radius 3 is 2.52 bits per heavy atom. The lowest BCUT2D eigenvalue weighted by Gasteiger charge is -2.23. The number of fused-ring (bicyclic) bond motifs is 2. The van der Waals surface area contributed by atoms with Gasteiger partial charge in [0.25, 0.3) is 0 Å². The molecule has 3 N–H and O–H groups in total. The van der Waals surface area contributed by atoms with Crippen molar-refractivity contribution < 1.29 is 4.79 Å². The average Bonchev–Trinajstić information content (AvgIpc) is 3.09. The summed E-state index contributed by atoms with van der Waals surface area (Å²) in [5.41, 5.74) is 2.07. The van der Waals surface area contributed by atoms with Crippen LogP contribution in [0.3, 0.4) is 0 Å². The molecule has 1 aromatic rings. The molecule has 2 bridgehead atoms. The van der Waals surface area contributed by atoms with E-state index < -0.39 is 0 Å². The molecule has 4 heteroatoms. The smallest absolute Gasteiger partial charge is 0.319 e. The topological polar surface area (TPSA) is 53.2 Å². The van der Waals surface area contributed by atoms with Crippen molar-refractivity contribution in [3.8, 4) is 0 Å². The number of anilines is 1. The summed E-state index contributed by atoms with van der Waals surface area (Å²) in [5.74, 6) is 1.56. The lowest BCUT2D eigenvalue weighted by molar-refractivity contribution is 0.242. The number of nitrogens with one attached hydrogen (secondary N) is 3. The molecular formula is C17H25N3O. The largest absolute Gasteiger partial charge is 0.335 e. The number of hydrogen-bond donors (Lipinski definition) is 3. The molecule has 0 radical (unpaired) electrons. The van der Waals surface area contributed by atoms with Gasteiger partial charge in [0.1, 0.15) is 0 Å². The summed E-state index contributed by atoms with van der Waals surface area (Å²) >= 11 is 0. The fraction of sp³-hybridized carbons (Fsp3) is 0.588. The number of hydrogen-bond acceptors (Lipinski definition) is 2. The van der Waals surface area contributed by atoms with Crippen LogP contribution in [0.4, 0.5) is 10.5 Å². The number of urea groups is 1. The molecule has 0 aliphatic heterocycles. The van der Waals surface area contributed by atoms with E-state index in [1.807, 2.05) is 31.3 Å². The lowest BCUT2D eigenvalue weighted by Crippen LogP contribution is -2.40. The zero-order chi connectivity index (χ0) is 14.8. The highest BCUT2D eigenvalue weighted by Crippen LogP contribution is 2.44. The van der Waals surface area contributed by atoms with Gasteiger partial charge in [-0.05, 0) is 62.8 Å². The Hall–Kier alpha value is -1.55. The van der Waals surface area contributed by atoms with Crippen LogP contribution in [-0.2, 0) is 0 Å². The quantitative estimate of drug-likeness (QED) is 0.796. The number of benzene rings is 1. The normalized spacial score (nSPS) is 28.4. The summed E-state index contributed by atoms with van der Waals surface area (Å²) < 4.78 is 0. The van der Waals surface area contributed by atoms with Gasteiger partial charge in [-0.1, -0.05) is 18.6 Å². The summed E-state index contributed by atoms with van der Waals surface area (Å²) in [6, 6.07) is 8.66. The summed E-state index contributed by atoms with van der Waals surface area (Å²) in [4.78, 5) is 12.1. The van der Waals surface area contributed by atoms with Crippen molar-refractivity contribution in [2.45, 2.75) is 44.7 Å². The standard InChI is InChI=1S/C17H25N3O/c1-11(18-2)13-5-7-15(8-6-13)19-17(21)20-16-10-12-3-4-14(16)9-12/h5-8,11-12,14,16,18H,3-4,9-10H2,1-2H3,(H2,19,20,21). The molecule has 2 amide bonds. The lowest BCUT2D eigenvalue weighted by atomic mass is 9.95. The second-order valence-corrected chi connectivity index (χ2v) is 6.51. The maximum absolute atomic E-state index is 12.1. The second kappa shape index (κ2) is 6.06. The Labute approximate surface area is 126 Å². The van der Waals surface area contributed by atoms with Gasteiger partial charge in [0.15, 0.2) is 0 Å². The van der Waals surface area contributed by atoms with Gasteiger partial charge in [-0.3, -0.25) is 0 Å². The fourth-order valence-electron chi connectivity index (χ4n) is 3.78. The molecule has 2 fully saturated rings.